The van der Waals surface area contributed by atoms with E-state index in [1.807, 2.05) is 20.8 Å². The van der Waals surface area contributed by atoms with Crippen molar-refractivity contribution in [3.63, 3.8) is 0 Å². The van der Waals surface area contributed by atoms with E-state index in [9.17, 15) is 4.79 Å². The van der Waals surface area contributed by atoms with Gasteiger partial charge in [0.2, 0.25) is 0 Å². The van der Waals surface area contributed by atoms with Gasteiger partial charge >= 0.3 is 6.09 Å². The molecule has 1 unspecified atom stereocenters. The molecule has 2 N–H and O–H groups in total. The predicted octanol–water partition coefficient (Wildman–Crippen LogP) is 0.899. The molecule has 0 fully saturated rings. The lowest BCUT2D eigenvalue weighted by Crippen LogP contribution is -2.34. The number of alkyl carbamates (subject to hydrolysis) is 1. The van der Waals surface area contributed by atoms with Gasteiger partial charge in [0.1, 0.15) is 5.60 Å². The molecule has 0 bridgehead atoms. The molecule has 7 heteroatoms. The maximum Gasteiger partial charge on any atom is 0.407 e. The predicted molar refractivity (Wildman–Crippen MR) is 73.5 cm³/mol. The van der Waals surface area contributed by atoms with Crippen LogP contribution in [0.3, 0.4) is 0 Å². The summed E-state index contributed by atoms with van der Waals surface area (Å²) >= 11 is 0. The van der Waals surface area contributed by atoms with E-state index < -0.39 is 18.0 Å². The van der Waals surface area contributed by atoms with Gasteiger partial charge in [0, 0.05) is 6.54 Å². The van der Waals surface area contributed by atoms with Crippen LogP contribution in [0.5, 0.6) is 0 Å². The molecule has 120 valence electrons. The average molecular weight is 293 g/mol. The second-order valence-corrected chi connectivity index (χ2v) is 5.12. The Kier molecular flexibility index (Phi) is 10.4. The smallest absolute Gasteiger partial charge is 0.407 e. The minimum absolute atomic E-state index is 0.345. The Bertz CT molecular complexity index is 252. The Hall–Kier alpha value is -0.890. The molecule has 0 aromatic heterocycles. The van der Waals surface area contributed by atoms with Gasteiger partial charge in [-0.05, 0) is 27.7 Å². The first-order valence-electron chi connectivity index (χ1n) is 6.73. The normalized spacial score (nSPS) is 13.1. The fourth-order valence-corrected chi connectivity index (χ4v) is 1.14. The Labute approximate surface area is 120 Å². The first kappa shape index (κ1) is 19.1. The van der Waals surface area contributed by atoms with Gasteiger partial charge in [-0.25, -0.2) is 4.79 Å². The molecular formula is C13H27NO6. The lowest BCUT2D eigenvalue weighted by Gasteiger charge is -2.19. The summed E-state index contributed by atoms with van der Waals surface area (Å²) in [7, 11) is 0. The van der Waals surface area contributed by atoms with Crippen LogP contribution < -0.4 is 5.32 Å². The van der Waals surface area contributed by atoms with Crippen LogP contribution in [0.15, 0.2) is 0 Å². The van der Waals surface area contributed by atoms with Crippen molar-refractivity contribution in [3.8, 4) is 0 Å². The molecule has 0 rings (SSSR count). The van der Waals surface area contributed by atoms with Gasteiger partial charge in [-0.15, -0.1) is 0 Å². The van der Waals surface area contributed by atoms with Gasteiger partial charge < -0.3 is 29.4 Å². The maximum atomic E-state index is 11.3. The molecule has 1 atom stereocenters. The van der Waals surface area contributed by atoms with Gasteiger partial charge in [0.25, 0.3) is 0 Å². The van der Waals surface area contributed by atoms with Crippen LogP contribution in [0.2, 0.25) is 0 Å². The van der Waals surface area contributed by atoms with Crippen LogP contribution >= 0.6 is 0 Å². The van der Waals surface area contributed by atoms with E-state index >= 15 is 0 Å². The number of hydrogen-bond acceptors (Lipinski definition) is 6. The highest BCUT2D eigenvalue weighted by molar-refractivity contribution is 5.67. The lowest BCUT2D eigenvalue weighted by molar-refractivity contribution is -0.101. The lowest BCUT2D eigenvalue weighted by atomic mass is 10.2. The Morgan fingerprint density at radius 1 is 1.10 bits per heavy atom. The molecule has 0 radical (unpaired) electrons. The average Bonchev–Trinajstić information content (AvgIpc) is 2.28. The summed E-state index contributed by atoms with van der Waals surface area (Å²) in [5.74, 6) is 0. The summed E-state index contributed by atoms with van der Waals surface area (Å²) in [5, 5.41) is 11.4. The third-order valence-electron chi connectivity index (χ3n) is 1.87. The topological polar surface area (TPSA) is 86.3 Å². The van der Waals surface area contributed by atoms with E-state index in [4.69, 9.17) is 24.1 Å². The van der Waals surface area contributed by atoms with Crippen molar-refractivity contribution in [1.29, 1.82) is 0 Å². The molecule has 0 aliphatic carbocycles. The summed E-state index contributed by atoms with van der Waals surface area (Å²) in [4.78, 5) is 11.3. The zero-order valence-electron chi connectivity index (χ0n) is 12.8. The molecule has 0 aliphatic rings. The third-order valence-corrected chi connectivity index (χ3v) is 1.87. The molecule has 0 spiro atoms. The van der Waals surface area contributed by atoms with Crippen LogP contribution in [-0.4, -0.2) is 62.7 Å². The van der Waals surface area contributed by atoms with E-state index in [2.05, 4.69) is 5.32 Å². The monoisotopic (exact) mass is 293 g/mol. The van der Waals surface area contributed by atoms with Crippen LogP contribution in [0.25, 0.3) is 0 Å². The van der Waals surface area contributed by atoms with Crippen molar-refractivity contribution in [2.24, 2.45) is 0 Å². The summed E-state index contributed by atoms with van der Waals surface area (Å²) in [6.07, 6.45) is -1.22. The standard InChI is InChI=1S/C13H27NO6/c1-11(15)19-10-9-18-8-7-17-6-5-14-12(16)20-13(2,3)4/h11,15H,5-10H2,1-4H3,(H,14,16). The molecule has 1 amide bonds. The molecular weight excluding hydrogens is 266 g/mol. The van der Waals surface area contributed by atoms with Crippen LogP contribution in [0.1, 0.15) is 27.7 Å². The van der Waals surface area contributed by atoms with Crippen molar-refractivity contribution in [1.82, 2.24) is 5.32 Å². The molecule has 20 heavy (non-hydrogen) atoms. The van der Waals surface area contributed by atoms with Crippen molar-refractivity contribution < 1.29 is 28.8 Å². The number of ether oxygens (including phenoxy) is 4. The fourth-order valence-electron chi connectivity index (χ4n) is 1.14. The molecule has 0 saturated heterocycles. The number of nitrogens with one attached hydrogen (secondary N) is 1. The number of rotatable bonds is 10. The van der Waals surface area contributed by atoms with Crippen molar-refractivity contribution in [2.45, 2.75) is 39.6 Å². The summed E-state index contributed by atoms with van der Waals surface area (Å²) < 4.78 is 20.4. The van der Waals surface area contributed by atoms with E-state index in [1.165, 1.54) is 0 Å². The molecule has 7 nitrogen and oxygen atoms in total. The highest BCUT2D eigenvalue weighted by atomic mass is 16.6. The number of aliphatic hydroxyl groups excluding tert-OH is 1. The van der Waals surface area contributed by atoms with Crippen molar-refractivity contribution >= 4 is 6.09 Å². The molecule has 0 aliphatic heterocycles. The number of hydrogen-bond donors (Lipinski definition) is 2. The summed E-state index contributed by atoms with van der Waals surface area (Å²) in [6.45, 7) is 9.38. The second kappa shape index (κ2) is 10.8. The zero-order valence-corrected chi connectivity index (χ0v) is 12.8. The molecule has 0 aromatic carbocycles. The zero-order chi connectivity index (χ0) is 15.4. The summed E-state index contributed by atoms with van der Waals surface area (Å²) in [5.41, 5.74) is -0.493. The Morgan fingerprint density at radius 2 is 1.65 bits per heavy atom. The second-order valence-electron chi connectivity index (χ2n) is 5.12. The van der Waals surface area contributed by atoms with Gasteiger partial charge in [-0.2, -0.15) is 0 Å². The summed E-state index contributed by atoms with van der Waals surface area (Å²) in [6, 6.07) is 0. The van der Waals surface area contributed by atoms with Gasteiger partial charge in [-0.3, -0.25) is 0 Å². The highest BCUT2D eigenvalue weighted by Gasteiger charge is 2.15. The number of amides is 1. The van der Waals surface area contributed by atoms with E-state index in [0.717, 1.165) is 0 Å². The van der Waals surface area contributed by atoms with E-state index in [1.54, 1.807) is 6.92 Å². The Morgan fingerprint density at radius 3 is 2.20 bits per heavy atom. The molecule has 0 saturated carbocycles. The molecule has 0 aromatic rings. The Balaban J connectivity index is 3.23. The first-order valence-corrected chi connectivity index (χ1v) is 6.73. The van der Waals surface area contributed by atoms with Crippen molar-refractivity contribution in [3.05, 3.63) is 0 Å². The van der Waals surface area contributed by atoms with Crippen LogP contribution in [0, 0.1) is 0 Å². The van der Waals surface area contributed by atoms with Crippen LogP contribution in [0.4, 0.5) is 4.79 Å². The van der Waals surface area contributed by atoms with Gasteiger partial charge in [0.15, 0.2) is 6.29 Å². The van der Waals surface area contributed by atoms with E-state index in [0.29, 0.717) is 39.6 Å². The quantitative estimate of drug-likeness (QED) is 0.460. The third kappa shape index (κ3) is 15.2. The fraction of sp³-hybridized carbons (Fsp3) is 0.923. The largest absolute Gasteiger partial charge is 0.444 e. The van der Waals surface area contributed by atoms with Crippen LogP contribution in [-0.2, 0) is 18.9 Å². The minimum atomic E-state index is -0.770. The van der Waals surface area contributed by atoms with Gasteiger partial charge in [0.05, 0.1) is 33.0 Å². The van der Waals surface area contributed by atoms with Gasteiger partial charge in [-0.1, -0.05) is 0 Å². The number of aliphatic hydroxyl groups is 1. The maximum absolute atomic E-state index is 11.3. The van der Waals surface area contributed by atoms with Crippen molar-refractivity contribution in [2.75, 3.05) is 39.6 Å². The highest BCUT2D eigenvalue weighted by Crippen LogP contribution is 2.05. The molecule has 0 heterocycles. The minimum Gasteiger partial charge on any atom is -0.444 e. The first-order chi connectivity index (χ1) is 9.31. The number of carbonyl (C=O) groups excluding carboxylic acids is 1. The number of carbonyl (C=O) groups is 1. The SMILES string of the molecule is CC(O)OCCOCCOCCNC(=O)OC(C)(C)C. The van der Waals surface area contributed by atoms with E-state index in [-0.39, 0.29) is 0 Å².